The largest absolute Gasteiger partial charge is 0.479 e. The van der Waals surface area contributed by atoms with Crippen LogP contribution in [0.1, 0.15) is 20.3 Å². The Morgan fingerprint density at radius 2 is 1.62 bits per heavy atom. The number of benzene rings is 2. The molecule has 2 aromatic carbocycles. The fraction of sp³-hybridized carbons (Fsp3) is 0.278. The van der Waals surface area contributed by atoms with Crippen LogP contribution in [0.2, 0.25) is 0 Å². The molecule has 0 bridgehead atoms. The van der Waals surface area contributed by atoms with E-state index in [0.717, 1.165) is 17.5 Å². The van der Waals surface area contributed by atoms with Crippen molar-refractivity contribution in [2.45, 2.75) is 26.4 Å². The van der Waals surface area contributed by atoms with E-state index in [2.05, 4.69) is 12.1 Å². The Hall–Kier alpha value is -2.29. The van der Waals surface area contributed by atoms with Crippen LogP contribution in [0.25, 0.3) is 11.1 Å². The molecule has 0 aliphatic rings. The first kappa shape index (κ1) is 15.1. The summed E-state index contributed by atoms with van der Waals surface area (Å²) < 4.78 is 10.6. The fourth-order valence-electron chi connectivity index (χ4n) is 1.93. The fourth-order valence-corrected chi connectivity index (χ4v) is 1.93. The minimum atomic E-state index is -0.598. The highest BCUT2D eigenvalue weighted by Crippen LogP contribution is 2.22. The molecule has 0 fully saturated rings. The minimum Gasteiger partial charge on any atom is -0.479 e. The van der Waals surface area contributed by atoms with Gasteiger partial charge in [-0.2, -0.15) is 0 Å². The lowest BCUT2D eigenvalue weighted by molar-refractivity contribution is -0.151. The van der Waals surface area contributed by atoms with Gasteiger partial charge in [0.25, 0.3) is 0 Å². The summed E-state index contributed by atoms with van der Waals surface area (Å²) in [6, 6.07) is 17.8. The molecule has 0 N–H and O–H groups in total. The number of hydrogen-bond donors (Lipinski definition) is 0. The maximum absolute atomic E-state index is 11.6. The summed E-state index contributed by atoms with van der Waals surface area (Å²) in [7, 11) is 0. The van der Waals surface area contributed by atoms with E-state index in [1.807, 2.05) is 49.4 Å². The monoisotopic (exact) mass is 284 g/mol. The van der Waals surface area contributed by atoms with Crippen molar-refractivity contribution in [1.29, 1.82) is 0 Å². The van der Waals surface area contributed by atoms with Gasteiger partial charge >= 0.3 is 5.97 Å². The van der Waals surface area contributed by atoms with E-state index in [1.165, 1.54) is 0 Å². The van der Waals surface area contributed by atoms with Crippen LogP contribution in [0.3, 0.4) is 0 Å². The first-order valence-corrected chi connectivity index (χ1v) is 7.19. The number of carbonyl (C=O) groups is 1. The van der Waals surface area contributed by atoms with Gasteiger partial charge in [-0.25, -0.2) is 4.79 Å². The van der Waals surface area contributed by atoms with E-state index in [-0.39, 0.29) is 5.97 Å². The Morgan fingerprint density at radius 3 is 2.24 bits per heavy atom. The van der Waals surface area contributed by atoms with Gasteiger partial charge in [0.05, 0.1) is 6.61 Å². The molecule has 0 aliphatic heterocycles. The van der Waals surface area contributed by atoms with E-state index >= 15 is 0 Å². The molecule has 0 amide bonds. The summed E-state index contributed by atoms with van der Waals surface area (Å²) in [5.74, 6) is 0.333. The lowest BCUT2D eigenvalue weighted by Crippen LogP contribution is -2.26. The molecule has 0 aliphatic carbocycles. The standard InChI is InChI=1S/C18H20O3/c1-3-13-20-18(19)14(2)21-17-11-9-16(10-12-17)15-7-5-4-6-8-15/h4-12,14H,3,13H2,1-2H3/t14-/m1/s1. The zero-order valence-electron chi connectivity index (χ0n) is 12.4. The predicted octanol–water partition coefficient (Wildman–Crippen LogP) is 4.07. The van der Waals surface area contributed by atoms with E-state index in [9.17, 15) is 4.79 Å². The molecule has 0 radical (unpaired) electrons. The minimum absolute atomic E-state index is 0.330. The molecule has 21 heavy (non-hydrogen) atoms. The smallest absolute Gasteiger partial charge is 0.347 e. The molecule has 3 nitrogen and oxygen atoms in total. The molecule has 2 rings (SSSR count). The van der Waals surface area contributed by atoms with Gasteiger partial charge in [0.15, 0.2) is 6.10 Å². The molecule has 3 heteroatoms. The average Bonchev–Trinajstić information content (AvgIpc) is 2.54. The second kappa shape index (κ2) is 7.48. The Balaban J connectivity index is 1.98. The van der Waals surface area contributed by atoms with E-state index < -0.39 is 6.10 Å². The van der Waals surface area contributed by atoms with Crippen LogP contribution < -0.4 is 4.74 Å². The van der Waals surface area contributed by atoms with Crippen molar-refractivity contribution in [2.75, 3.05) is 6.61 Å². The van der Waals surface area contributed by atoms with Crippen molar-refractivity contribution in [3.8, 4) is 16.9 Å². The van der Waals surface area contributed by atoms with Crippen molar-refractivity contribution in [1.82, 2.24) is 0 Å². The summed E-state index contributed by atoms with van der Waals surface area (Å²) in [5, 5.41) is 0. The second-order valence-electron chi connectivity index (χ2n) is 4.82. The number of rotatable bonds is 6. The third-order valence-electron chi connectivity index (χ3n) is 3.05. The predicted molar refractivity (Wildman–Crippen MR) is 83.2 cm³/mol. The summed E-state index contributed by atoms with van der Waals surface area (Å²) in [6.07, 6.45) is 0.212. The van der Waals surface area contributed by atoms with Crippen molar-refractivity contribution in [3.05, 3.63) is 54.6 Å². The molecule has 0 saturated heterocycles. The second-order valence-corrected chi connectivity index (χ2v) is 4.82. The highest BCUT2D eigenvalue weighted by Gasteiger charge is 2.15. The van der Waals surface area contributed by atoms with Gasteiger partial charge in [-0.15, -0.1) is 0 Å². The third kappa shape index (κ3) is 4.35. The molecular weight excluding hydrogens is 264 g/mol. The summed E-state index contributed by atoms with van der Waals surface area (Å²) in [6.45, 7) is 4.09. The van der Waals surface area contributed by atoms with Crippen LogP contribution in [0, 0.1) is 0 Å². The van der Waals surface area contributed by atoms with Crippen molar-refractivity contribution in [3.63, 3.8) is 0 Å². The van der Waals surface area contributed by atoms with Crippen LogP contribution in [0.4, 0.5) is 0 Å². The Kier molecular flexibility index (Phi) is 5.38. The van der Waals surface area contributed by atoms with Gasteiger partial charge in [0, 0.05) is 0 Å². The molecule has 110 valence electrons. The quantitative estimate of drug-likeness (QED) is 0.750. The number of ether oxygens (including phenoxy) is 2. The van der Waals surface area contributed by atoms with Crippen LogP contribution in [-0.4, -0.2) is 18.7 Å². The van der Waals surface area contributed by atoms with Crippen LogP contribution in [-0.2, 0) is 9.53 Å². The molecule has 0 aromatic heterocycles. The summed E-state index contributed by atoms with van der Waals surface area (Å²) in [4.78, 5) is 11.6. The first-order chi connectivity index (χ1) is 10.2. The molecule has 0 unspecified atom stereocenters. The van der Waals surface area contributed by atoms with E-state index in [4.69, 9.17) is 9.47 Å². The van der Waals surface area contributed by atoms with Gasteiger partial charge in [-0.3, -0.25) is 0 Å². The Labute approximate surface area is 125 Å². The van der Waals surface area contributed by atoms with Crippen LogP contribution in [0.15, 0.2) is 54.6 Å². The molecule has 0 saturated carbocycles. The highest BCUT2D eigenvalue weighted by molar-refractivity contribution is 5.74. The van der Waals surface area contributed by atoms with Crippen LogP contribution in [0.5, 0.6) is 5.75 Å². The van der Waals surface area contributed by atoms with Gasteiger partial charge in [0.1, 0.15) is 5.75 Å². The molecule has 2 aromatic rings. The van der Waals surface area contributed by atoms with E-state index in [0.29, 0.717) is 12.4 Å². The van der Waals surface area contributed by atoms with Crippen molar-refractivity contribution in [2.24, 2.45) is 0 Å². The highest BCUT2D eigenvalue weighted by atomic mass is 16.6. The summed E-state index contributed by atoms with van der Waals surface area (Å²) in [5.41, 5.74) is 2.27. The lowest BCUT2D eigenvalue weighted by atomic mass is 10.1. The molecule has 0 heterocycles. The van der Waals surface area contributed by atoms with Gasteiger partial charge < -0.3 is 9.47 Å². The topological polar surface area (TPSA) is 35.5 Å². The van der Waals surface area contributed by atoms with Gasteiger partial charge in [-0.05, 0) is 36.6 Å². The zero-order valence-corrected chi connectivity index (χ0v) is 12.4. The zero-order chi connectivity index (χ0) is 15.1. The van der Waals surface area contributed by atoms with Gasteiger partial charge in [0.2, 0.25) is 0 Å². The number of hydrogen-bond acceptors (Lipinski definition) is 3. The Bertz CT molecular complexity index is 561. The van der Waals surface area contributed by atoms with Crippen LogP contribution >= 0.6 is 0 Å². The van der Waals surface area contributed by atoms with E-state index in [1.54, 1.807) is 6.92 Å². The first-order valence-electron chi connectivity index (χ1n) is 7.19. The molecule has 0 spiro atoms. The van der Waals surface area contributed by atoms with Crippen molar-refractivity contribution >= 4 is 5.97 Å². The average molecular weight is 284 g/mol. The van der Waals surface area contributed by atoms with Crippen molar-refractivity contribution < 1.29 is 14.3 Å². The SMILES string of the molecule is CCCOC(=O)[C@@H](C)Oc1ccc(-c2ccccc2)cc1. The maximum Gasteiger partial charge on any atom is 0.347 e. The summed E-state index contributed by atoms with van der Waals surface area (Å²) >= 11 is 0. The number of carbonyl (C=O) groups excluding carboxylic acids is 1. The van der Waals surface area contributed by atoms with Gasteiger partial charge in [-0.1, -0.05) is 49.4 Å². The lowest BCUT2D eigenvalue weighted by Gasteiger charge is -2.14. The third-order valence-corrected chi connectivity index (χ3v) is 3.05. The molecule has 1 atom stereocenters. The number of esters is 1. The Morgan fingerprint density at radius 1 is 1.00 bits per heavy atom. The normalized spacial score (nSPS) is 11.7. The maximum atomic E-state index is 11.6. The molecular formula is C18H20O3.